The van der Waals surface area contributed by atoms with Crippen molar-refractivity contribution in [3.8, 4) is 17.3 Å². The molecule has 0 atom stereocenters. The van der Waals surface area contributed by atoms with E-state index in [1.54, 1.807) is 24.5 Å². The Kier molecular flexibility index (Phi) is 4.63. The topological polar surface area (TPSA) is 83.6 Å². The van der Waals surface area contributed by atoms with Crippen molar-refractivity contribution in [3.05, 3.63) is 72.4 Å². The van der Waals surface area contributed by atoms with Crippen LogP contribution >= 0.6 is 0 Å². The summed E-state index contributed by atoms with van der Waals surface area (Å²) in [5.74, 6) is 0. The molecule has 6 heteroatoms. The Labute approximate surface area is 139 Å². The zero-order valence-corrected chi connectivity index (χ0v) is 12.9. The molecule has 1 amide bonds. The molecule has 0 aliphatic rings. The first-order valence-corrected chi connectivity index (χ1v) is 7.49. The number of nitriles is 1. The Morgan fingerprint density at radius 3 is 2.71 bits per heavy atom. The van der Waals surface area contributed by atoms with Crippen molar-refractivity contribution in [2.75, 3.05) is 6.54 Å². The first-order chi connectivity index (χ1) is 11.8. The highest BCUT2D eigenvalue weighted by Gasteiger charge is 2.08. The normalized spacial score (nSPS) is 10.1. The Balaban J connectivity index is 1.60. The highest BCUT2D eigenvalue weighted by molar-refractivity contribution is 5.77. The Bertz CT molecular complexity index is 862. The molecule has 0 radical (unpaired) electrons. The molecule has 0 fully saturated rings. The summed E-state index contributed by atoms with van der Waals surface area (Å²) < 4.78 is 1.40. The van der Waals surface area contributed by atoms with E-state index < -0.39 is 0 Å². The molecular formula is C18H15N5O. The van der Waals surface area contributed by atoms with Crippen LogP contribution in [0.1, 0.15) is 11.3 Å². The fourth-order valence-electron chi connectivity index (χ4n) is 2.24. The minimum atomic E-state index is -0.230. The summed E-state index contributed by atoms with van der Waals surface area (Å²) in [6.07, 6.45) is 5.44. The highest BCUT2D eigenvalue weighted by atomic mass is 16.2. The van der Waals surface area contributed by atoms with E-state index in [1.165, 1.54) is 16.5 Å². The smallest absolute Gasteiger partial charge is 0.326 e. The van der Waals surface area contributed by atoms with Gasteiger partial charge in [-0.2, -0.15) is 5.26 Å². The molecule has 0 aliphatic carbocycles. The van der Waals surface area contributed by atoms with Crippen molar-refractivity contribution in [1.29, 1.82) is 5.26 Å². The zero-order chi connectivity index (χ0) is 16.8. The van der Waals surface area contributed by atoms with Crippen LogP contribution in [0.2, 0.25) is 0 Å². The van der Waals surface area contributed by atoms with Gasteiger partial charge in [-0.3, -0.25) is 4.57 Å². The number of hydrogen-bond donors (Lipinski definition) is 1. The molecular weight excluding hydrogens is 302 g/mol. The number of aromatic nitrogens is 3. The second-order valence-electron chi connectivity index (χ2n) is 5.18. The number of nitrogens with one attached hydrogen (secondary N) is 1. The van der Waals surface area contributed by atoms with E-state index in [9.17, 15) is 4.79 Å². The summed E-state index contributed by atoms with van der Waals surface area (Å²) in [6, 6.07) is 15.1. The number of rotatable bonds is 4. The Morgan fingerprint density at radius 2 is 2.00 bits per heavy atom. The minimum absolute atomic E-state index is 0.230. The van der Waals surface area contributed by atoms with Gasteiger partial charge in [0.25, 0.3) is 0 Å². The molecule has 24 heavy (non-hydrogen) atoms. The first kappa shape index (κ1) is 15.4. The Hall–Kier alpha value is -3.46. The van der Waals surface area contributed by atoms with Crippen molar-refractivity contribution < 1.29 is 4.79 Å². The maximum absolute atomic E-state index is 12.1. The minimum Gasteiger partial charge on any atom is -0.337 e. The monoisotopic (exact) mass is 317 g/mol. The van der Waals surface area contributed by atoms with E-state index in [0.29, 0.717) is 17.9 Å². The average molecular weight is 317 g/mol. The third-order valence-electron chi connectivity index (χ3n) is 3.52. The molecule has 6 nitrogen and oxygen atoms in total. The van der Waals surface area contributed by atoms with E-state index in [2.05, 4.69) is 15.3 Å². The van der Waals surface area contributed by atoms with Gasteiger partial charge in [0.2, 0.25) is 0 Å². The number of benzene rings is 1. The molecule has 0 unspecified atom stereocenters. The maximum Gasteiger partial charge on any atom is 0.326 e. The third kappa shape index (κ3) is 3.65. The van der Waals surface area contributed by atoms with Crippen molar-refractivity contribution in [2.45, 2.75) is 6.42 Å². The van der Waals surface area contributed by atoms with Gasteiger partial charge >= 0.3 is 6.03 Å². The van der Waals surface area contributed by atoms with Gasteiger partial charge in [0, 0.05) is 24.5 Å². The molecule has 0 aliphatic heterocycles. The van der Waals surface area contributed by atoms with Crippen molar-refractivity contribution in [3.63, 3.8) is 0 Å². The number of carbonyl (C=O) groups is 1. The molecule has 0 saturated heterocycles. The molecule has 0 saturated carbocycles. The first-order valence-electron chi connectivity index (χ1n) is 7.49. The fourth-order valence-corrected chi connectivity index (χ4v) is 2.24. The lowest BCUT2D eigenvalue weighted by molar-refractivity contribution is 0.242. The molecule has 2 heterocycles. The van der Waals surface area contributed by atoms with Gasteiger partial charge in [0.15, 0.2) is 0 Å². The van der Waals surface area contributed by atoms with Gasteiger partial charge in [-0.15, -0.1) is 0 Å². The van der Waals surface area contributed by atoms with E-state index in [-0.39, 0.29) is 6.03 Å². The number of imidazole rings is 1. The van der Waals surface area contributed by atoms with Crippen LogP contribution in [0.25, 0.3) is 11.3 Å². The number of carbonyl (C=O) groups excluding carboxylic acids is 1. The SMILES string of the molecule is N#Cc1ccc(-c2cn(C(=O)NCCc3ccccc3)cn2)cn1. The van der Waals surface area contributed by atoms with Crippen LogP contribution in [0, 0.1) is 11.3 Å². The van der Waals surface area contributed by atoms with Crippen LogP contribution in [0.5, 0.6) is 0 Å². The molecule has 118 valence electrons. The molecule has 1 aromatic carbocycles. The molecule has 0 spiro atoms. The fraction of sp³-hybridized carbons (Fsp3) is 0.111. The second-order valence-corrected chi connectivity index (χ2v) is 5.18. The lowest BCUT2D eigenvalue weighted by Crippen LogP contribution is -2.29. The summed E-state index contributed by atoms with van der Waals surface area (Å²) in [6.45, 7) is 0.550. The number of pyridine rings is 1. The van der Waals surface area contributed by atoms with Crippen molar-refractivity contribution in [2.24, 2.45) is 0 Å². The quantitative estimate of drug-likeness (QED) is 0.801. The lowest BCUT2D eigenvalue weighted by atomic mass is 10.1. The van der Waals surface area contributed by atoms with E-state index >= 15 is 0 Å². The van der Waals surface area contributed by atoms with Crippen LogP contribution in [-0.4, -0.2) is 27.1 Å². The van der Waals surface area contributed by atoms with Gasteiger partial charge in [-0.05, 0) is 24.1 Å². The molecule has 0 bridgehead atoms. The number of amides is 1. The maximum atomic E-state index is 12.1. The lowest BCUT2D eigenvalue weighted by Gasteiger charge is -2.05. The largest absolute Gasteiger partial charge is 0.337 e. The molecule has 2 aromatic heterocycles. The molecule has 3 rings (SSSR count). The van der Waals surface area contributed by atoms with Crippen LogP contribution < -0.4 is 5.32 Å². The van der Waals surface area contributed by atoms with E-state index in [1.807, 2.05) is 36.4 Å². The molecule has 1 N–H and O–H groups in total. The van der Waals surface area contributed by atoms with Crippen LogP contribution in [0.4, 0.5) is 4.79 Å². The summed E-state index contributed by atoms with van der Waals surface area (Å²) in [7, 11) is 0. The van der Waals surface area contributed by atoms with Crippen LogP contribution in [-0.2, 0) is 6.42 Å². The summed E-state index contributed by atoms with van der Waals surface area (Å²) in [5.41, 5.74) is 2.90. The molecule has 3 aromatic rings. The van der Waals surface area contributed by atoms with Gasteiger partial charge in [0.05, 0.1) is 5.69 Å². The van der Waals surface area contributed by atoms with Crippen LogP contribution in [0.3, 0.4) is 0 Å². The van der Waals surface area contributed by atoms with Gasteiger partial charge in [0.1, 0.15) is 18.1 Å². The van der Waals surface area contributed by atoms with Crippen LogP contribution in [0.15, 0.2) is 61.2 Å². The summed E-state index contributed by atoms with van der Waals surface area (Å²) >= 11 is 0. The standard InChI is InChI=1S/C18H15N5O/c19-10-16-7-6-15(11-21-16)17-12-23(13-22-17)18(24)20-9-8-14-4-2-1-3-5-14/h1-7,11-13H,8-9H2,(H,20,24). The average Bonchev–Trinajstić information content (AvgIpc) is 3.13. The number of hydrogen-bond acceptors (Lipinski definition) is 4. The second kappa shape index (κ2) is 7.20. The van der Waals surface area contributed by atoms with Gasteiger partial charge in [-0.1, -0.05) is 30.3 Å². The van der Waals surface area contributed by atoms with Gasteiger partial charge < -0.3 is 5.32 Å². The highest BCUT2D eigenvalue weighted by Crippen LogP contribution is 2.15. The zero-order valence-electron chi connectivity index (χ0n) is 12.9. The van der Waals surface area contributed by atoms with Crippen molar-refractivity contribution >= 4 is 6.03 Å². The predicted molar refractivity (Wildman–Crippen MR) is 89.1 cm³/mol. The Morgan fingerprint density at radius 1 is 1.17 bits per heavy atom. The van der Waals surface area contributed by atoms with E-state index in [0.717, 1.165) is 12.0 Å². The third-order valence-corrected chi connectivity index (χ3v) is 3.52. The van der Waals surface area contributed by atoms with Crippen molar-refractivity contribution in [1.82, 2.24) is 19.9 Å². The summed E-state index contributed by atoms with van der Waals surface area (Å²) in [5, 5.41) is 11.6. The predicted octanol–water partition coefficient (Wildman–Crippen LogP) is 2.62. The summed E-state index contributed by atoms with van der Waals surface area (Å²) in [4.78, 5) is 20.3. The van der Waals surface area contributed by atoms with Gasteiger partial charge in [-0.25, -0.2) is 14.8 Å². The van der Waals surface area contributed by atoms with E-state index in [4.69, 9.17) is 5.26 Å². The number of nitrogens with zero attached hydrogens (tertiary/aromatic N) is 4.